The van der Waals surface area contributed by atoms with Crippen molar-refractivity contribution < 1.29 is 23.0 Å². The monoisotopic (exact) mass is 437 g/mol. The zero-order valence-electron chi connectivity index (χ0n) is 16.7. The quantitative estimate of drug-likeness (QED) is 0.626. The minimum Gasteiger partial charge on any atom is -0.473 e. The van der Waals surface area contributed by atoms with Gasteiger partial charge in [0.2, 0.25) is 5.88 Å². The molecule has 0 unspecified atom stereocenters. The van der Waals surface area contributed by atoms with Crippen molar-refractivity contribution in [2.24, 2.45) is 0 Å². The van der Waals surface area contributed by atoms with E-state index in [4.69, 9.17) is 14.7 Å². The Kier molecular flexibility index (Phi) is 4.01. The highest BCUT2D eigenvalue weighted by Crippen LogP contribution is 2.52. The number of ether oxygens (including phenoxy) is 2. The number of halogens is 2. The van der Waals surface area contributed by atoms with Gasteiger partial charge < -0.3 is 14.4 Å². The maximum absolute atomic E-state index is 13.7. The molecule has 10 heteroatoms. The van der Waals surface area contributed by atoms with Gasteiger partial charge in [-0.05, 0) is 42.7 Å². The molecule has 2 aliphatic heterocycles. The van der Waals surface area contributed by atoms with Gasteiger partial charge in [-0.3, -0.25) is 4.79 Å². The van der Waals surface area contributed by atoms with Gasteiger partial charge in [0, 0.05) is 18.9 Å². The summed E-state index contributed by atoms with van der Waals surface area (Å²) in [6, 6.07) is 8.34. The molecule has 32 heavy (non-hydrogen) atoms. The van der Waals surface area contributed by atoms with Crippen LogP contribution >= 0.6 is 0 Å². The molecule has 1 spiro atoms. The summed E-state index contributed by atoms with van der Waals surface area (Å²) in [6.07, 6.45) is 2.51. The summed E-state index contributed by atoms with van der Waals surface area (Å²) in [6.45, 7) is 0. The molecular formula is C22H17F2N5O3. The lowest BCUT2D eigenvalue weighted by Gasteiger charge is -2.42. The van der Waals surface area contributed by atoms with Gasteiger partial charge in [-0.15, -0.1) is 0 Å². The highest BCUT2D eigenvalue weighted by molar-refractivity contribution is 5.89. The van der Waals surface area contributed by atoms with E-state index in [2.05, 4.69) is 16.2 Å². The van der Waals surface area contributed by atoms with Gasteiger partial charge in [0.25, 0.3) is 5.91 Å². The summed E-state index contributed by atoms with van der Waals surface area (Å²) in [5.74, 6) is -1.16. The summed E-state index contributed by atoms with van der Waals surface area (Å²) in [4.78, 5) is 19.1. The van der Waals surface area contributed by atoms with E-state index in [-0.39, 0.29) is 12.0 Å². The fourth-order valence-corrected chi connectivity index (χ4v) is 5.08. The fraction of sp³-hybridized carbons (Fsp3) is 0.364. The van der Waals surface area contributed by atoms with Gasteiger partial charge in [-0.1, -0.05) is 0 Å². The molecule has 0 radical (unpaired) electrons. The summed E-state index contributed by atoms with van der Waals surface area (Å²) in [7, 11) is 0. The Balaban J connectivity index is 1.19. The maximum atomic E-state index is 13.7. The number of aromatic nitrogens is 3. The first-order valence-corrected chi connectivity index (χ1v) is 10.3. The predicted octanol–water partition coefficient (Wildman–Crippen LogP) is 2.88. The van der Waals surface area contributed by atoms with Crippen LogP contribution in [-0.2, 0) is 9.53 Å². The van der Waals surface area contributed by atoms with Crippen molar-refractivity contribution in [2.45, 2.75) is 49.7 Å². The molecule has 3 aromatic rings. The minimum atomic E-state index is -0.983. The van der Waals surface area contributed by atoms with Gasteiger partial charge >= 0.3 is 0 Å². The van der Waals surface area contributed by atoms with Crippen LogP contribution in [0.1, 0.15) is 43.0 Å². The van der Waals surface area contributed by atoms with E-state index >= 15 is 0 Å². The van der Waals surface area contributed by atoms with Gasteiger partial charge in [-0.25, -0.2) is 13.3 Å². The van der Waals surface area contributed by atoms with Gasteiger partial charge in [-0.2, -0.15) is 15.3 Å². The number of benzene rings is 1. The van der Waals surface area contributed by atoms with Crippen LogP contribution in [0.15, 0.2) is 36.7 Å². The fourth-order valence-electron chi connectivity index (χ4n) is 5.08. The second-order valence-electron chi connectivity index (χ2n) is 8.42. The number of carbonyl (C=O) groups is 1. The highest BCUT2D eigenvalue weighted by atomic mass is 19.1. The average molecular weight is 437 g/mol. The first-order chi connectivity index (χ1) is 15.5. The SMILES string of the molecule is N#Cc1ccc2c(OC3CC4(C3)O[C@@H]3CC[C@@H](c5cc(F)cc(F)c5)N3C4=O)ncnn12. The molecule has 0 bridgehead atoms. The molecule has 162 valence electrons. The zero-order chi connectivity index (χ0) is 22.0. The van der Waals surface area contributed by atoms with E-state index in [1.807, 2.05) is 0 Å². The van der Waals surface area contributed by atoms with E-state index in [0.717, 1.165) is 6.07 Å². The predicted molar refractivity (Wildman–Crippen MR) is 104 cm³/mol. The molecule has 1 aromatic carbocycles. The van der Waals surface area contributed by atoms with Gasteiger partial charge in [0.1, 0.15) is 47.6 Å². The third kappa shape index (κ3) is 2.71. The van der Waals surface area contributed by atoms with Crippen molar-refractivity contribution in [2.75, 3.05) is 0 Å². The molecule has 0 N–H and O–H groups in total. The second-order valence-corrected chi connectivity index (χ2v) is 8.42. The molecule has 3 aliphatic rings. The largest absolute Gasteiger partial charge is 0.473 e. The normalized spacial score (nSPS) is 28.7. The highest BCUT2D eigenvalue weighted by Gasteiger charge is 2.63. The first kappa shape index (κ1) is 19.1. The van der Waals surface area contributed by atoms with Crippen molar-refractivity contribution in [3.05, 3.63) is 59.6 Å². The molecule has 1 amide bonds. The Bertz CT molecular complexity index is 1280. The average Bonchev–Trinajstić information content (AvgIpc) is 3.41. The number of hydrogen-bond acceptors (Lipinski definition) is 6. The lowest BCUT2D eigenvalue weighted by molar-refractivity contribution is -0.162. The third-order valence-electron chi connectivity index (χ3n) is 6.51. The smallest absolute Gasteiger partial charge is 0.257 e. The van der Waals surface area contributed by atoms with E-state index in [1.165, 1.54) is 23.0 Å². The van der Waals surface area contributed by atoms with Gasteiger partial charge in [0.15, 0.2) is 5.60 Å². The minimum absolute atomic E-state index is 0.170. The van der Waals surface area contributed by atoms with Crippen LogP contribution in [0, 0.1) is 23.0 Å². The number of nitriles is 1. The summed E-state index contributed by atoms with van der Waals surface area (Å²) >= 11 is 0. The number of amides is 1. The second kappa shape index (κ2) is 6.71. The lowest BCUT2D eigenvalue weighted by atomic mass is 9.76. The molecule has 2 atom stereocenters. The summed E-state index contributed by atoms with van der Waals surface area (Å²) in [5, 5.41) is 13.2. The van der Waals surface area contributed by atoms with Crippen LogP contribution < -0.4 is 4.74 Å². The summed E-state index contributed by atoms with van der Waals surface area (Å²) < 4.78 is 41.0. The molecule has 1 aliphatic carbocycles. The first-order valence-electron chi connectivity index (χ1n) is 10.3. The molecule has 8 nitrogen and oxygen atoms in total. The standard InChI is InChI=1S/C22H17F2N5O3/c23-13-5-12(6-14(24)7-13)17-3-4-19-28(17)21(30)22(32-19)8-16(9-22)31-20-18-2-1-15(10-25)29(18)27-11-26-20/h1-2,5-7,11,16-17,19H,3-4,8-9H2/t16?,17-,19+,22?/m0/s1. The van der Waals surface area contributed by atoms with Crippen LogP contribution in [0.5, 0.6) is 5.88 Å². The molecule has 1 saturated carbocycles. The number of nitrogens with zero attached hydrogens (tertiary/aromatic N) is 5. The Morgan fingerprint density at radius 1 is 1.19 bits per heavy atom. The van der Waals surface area contributed by atoms with E-state index in [9.17, 15) is 13.6 Å². The Hall–Kier alpha value is -3.58. The third-order valence-corrected chi connectivity index (χ3v) is 6.51. The number of rotatable bonds is 3. The summed E-state index contributed by atoms with van der Waals surface area (Å²) in [5.41, 5.74) is 0.392. The molecule has 6 rings (SSSR count). The van der Waals surface area contributed by atoms with Gasteiger partial charge in [0.05, 0.1) is 6.04 Å². The van der Waals surface area contributed by atoms with Crippen LogP contribution in [0.25, 0.3) is 5.52 Å². The zero-order valence-corrected chi connectivity index (χ0v) is 16.7. The Labute approximate surface area is 181 Å². The molecule has 4 heterocycles. The maximum Gasteiger partial charge on any atom is 0.257 e. The lowest BCUT2D eigenvalue weighted by Crippen LogP contribution is -2.56. The molecular weight excluding hydrogens is 420 g/mol. The number of fused-ring (bicyclic) bond motifs is 2. The van der Waals surface area contributed by atoms with Crippen molar-refractivity contribution in [3.63, 3.8) is 0 Å². The Morgan fingerprint density at radius 3 is 2.72 bits per heavy atom. The van der Waals surface area contributed by atoms with E-state index in [0.29, 0.717) is 48.3 Å². The molecule has 2 aromatic heterocycles. The van der Waals surface area contributed by atoms with Crippen molar-refractivity contribution in [3.8, 4) is 11.9 Å². The van der Waals surface area contributed by atoms with E-state index in [1.54, 1.807) is 17.0 Å². The molecule has 3 fully saturated rings. The van der Waals surface area contributed by atoms with E-state index < -0.39 is 29.5 Å². The van der Waals surface area contributed by atoms with Crippen LogP contribution in [-0.4, -0.2) is 43.3 Å². The van der Waals surface area contributed by atoms with Crippen molar-refractivity contribution in [1.82, 2.24) is 19.5 Å². The molecule has 2 saturated heterocycles. The van der Waals surface area contributed by atoms with Crippen molar-refractivity contribution >= 4 is 11.4 Å². The van der Waals surface area contributed by atoms with Crippen LogP contribution in [0.2, 0.25) is 0 Å². The van der Waals surface area contributed by atoms with Crippen molar-refractivity contribution in [1.29, 1.82) is 5.26 Å². The topological polar surface area (TPSA) is 92.8 Å². The number of hydrogen-bond donors (Lipinski definition) is 0. The number of carbonyl (C=O) groups excluding carboxylic acids is 1. The van der Waals surface area contributed by atoms with Crippen LogP contribution in [0.4, 0.5) is 8.78 Å². The Morgan fingerprint density at radius 2 is 1.97 bits per heavy atom. The van der Waals surface area contributed by atoms with Crippen LogP contribution in [0.3, 0.4) is 0 Å².